The molecule has 0 aliphatic carbocycles. The lowest BCUT2D eigenvalue weighted by molar-refractivity contribution is 0.0653. The number of imide groups is 1. The van der Waals surface area contributed by atoms with Crippen molar-refractivity contribution in [2.75, 3.05) is 38.8 Å². The Labute approximate surface area is 247 Å². The Balaban J connectivity index is 1.32. The molecule has 0 spiro atoms. The summed E-state index contributed by atoms with van der Waals surface area (Å²) < 4.78 is 12.7. The molecule has 1 N–H and O–H groups in total. The molecule has 11 nitrogen and oxygen atoms in total. The van der Waals surface area contributed by atoms with Crippen LogP contribution in [0.15, 0.2) is 79.3 Å². The Morgan fingerprint density at radius 2 is 1.56 bits per heavy atom. The molecule has 0 radical (unpaired) electrons. The van der Waals surface area contributed by atoms with Crippen LogP contribution in [-0.4, -0.2) is 75.5 Å². The number of rotatable bonds is 11. The summed E-state index contributed by atoms with van der Waals surface area (Å²) in [6.07, 6.45) is 5.74. The van der Waals surface area contributed by atoms with Crippen LogP contribution >= 0.6 is 0 Å². The molecule has 43 heavy (non-hydrogen) atoms. The highest BCUT2D eigenvalue weighted by Gasteiger charge is 2.34. The van der Waals surface area contributed by atoms with E-state index >= 15 is 0 Å². The maximum absolute atomic E-state index is 12.9. The van der Waals surface area contributed by atoms with Crippen LogP contribution < -0.4 is 14.4 Å². The van der Waals surface area contributed by atoms with E-state index in [4.69, 9.17) is 14.5 Å². The highest BCUT2D eigenvalue weighted by atomic mass is 16.5. The largest absolute Gasteiger partial charge is 0.497 e. The maximum atomic E-state index is 12.9. The van der Waals surface area contributed by atoms with Gasteiger partial charge in [-0.1, -0.05) is 12.1 Å². The van der Waals surface area contributed by atoms with Crippen LogP contribution in [-0.2, 0) is 6.54 Å². The van der Waals surface area contributed by atoms with E-state index < -0.39 is 0 Å². The third-order valence-electron chi connectivity index (χ3n) is 7.39. The minimum absolute atomic E-state index is 0.00815. The minimum atomic E-state index is -0.272. The zero-order valence-corrected chi connectivity index (χ0v) is 23.8. The van der Waals surface area contributed by atoms with Crippen molar-refractivity contribution in [3.05, 3.63) is 90.4 Å². The number of aliphatic hydroxyl groups excluding tert-OH is 1. The van der Waals surface area contributed by atoms with Crippen LogP contribution in [0.1, 0.15) is 27.1 Å². The number of amides is 2. The van der Waals surface area contributed by atoms with Gasteiger partial charge in [-0.3, -0.25) is 24.2 Å². The fraction of sp³-hybridized carbons (Fsp3) is 0.219. The summed E-state index contributed by atoms with van der Waals surface area (Å²) in [5.41, 5.74) is 5.40. The van der Waals surface area contributed by atoms with Gasteiger partial charge in [-0.25, -0.2) is 4.98 Å². The minimum Gasteiger partial charge on any atom is -0.497 e. The number of carbonyl (C=O) groups excluding carboxylic acids is 2. The summed E-state index contributed by atoms with van der Waals surface area (Å²) in [5, 5.41) is 13.5. The second-order valence-electron chi connectivity index (χ2n) is 10.0. The zero-order valence-electron chi connectivity index (χ0n) is 23.8. The smallest absolute Gasteiger partial charge is 0.261 e. The van der Waals surface area contributed by atoms with Crippen LogP contribution in [0.5, 0.6) is 11.5 Å². The van der Waals surface area contributed by atoms with E-state index in [0.29, 0.717) is 53.3 Å². The summed E-state index contributed by atoms with van der Waals surface area (Å²) in [6.45, 7) is 1.13. The van der Waals surface area contributed by atoms with E-state index in [1.807, 2.05) is 36.5 Å². The molecule has 1 aliphatic rings. The van der Waals surface area contributed by atoms with Crippen LogP contribution in [0.4, 0.5) is 11.4 Å². The van der Waals surface area contributed by atoms with Gasteiger partial charge in [0, 0.05) is 54.4 Å². The van der Waals surface area contributed by atoms with Gasteiger partial charge in [-0.15, -0.1) is 0 Å². The normalized spacial score (nSPS) is 12.6. The van der Waals surface area contributed by atoms with Crippen molar-refractivity contribution in [2.24, 2.45) is 0 Å². The molecule has 0 saturated heterocycles. The standard InChI is InChI=1S/C32H30N6O5/c1-42-24-14-23(15-25(17-24)43-2)37(10-5-11-38-31(40)26-6-3-4-7-27(26)32(38)41)22-8-9-28-29(16-22)35-30(19-33-28)21-18-34-36(20-21)12-13-39/h3-4,6-9,14-20,39H,5,10-13H2,1-2H3. The number of nitrogens with zero attached hydrogens (tertiary/aromatic N) is 6. The van der Waals surface area contributed by atoms with E-state index in [9.17, 15) is 14.7 Å². The molecule has 218 valence electrons. The molecule has 3 aromatic carbocycles. The topological polar surface area (TPSA) is 123 Å². The number of hydrogen-bond donors (Lipinski definition) is 1. The first-order chi connectivity index (χ1) is 21.0. The van der Waals surface area contributed by atoms with Crippen molar-refractivity contribution in [3.63, 3.8) is 0 Å². The Morgan fingerprint density at radius 1 is 0.837 bits per heavy atom. The summed E-state index contributed by atoms with van der Waals surface area (Å²) in [6, 6.07) is 18.3. The molecule has 5 aromatic rings. The van der Waals surface area contributed by atoms with Gasteiger partial charge in [0.15, 0.2) is 0 Å². The third kappa shape index (κ3) is 5.50. The van der Waals surface area contributed by atoms with Crippen molar-refractivity contribution < 1.29 is 24.2 Å². The van der Waals surface area contributed by atoms with Crippen LogP contribution in [0, 0.1) is 0 Å². The molecule has 2 aromatic heterocycles. The summed E-state index contributed by atoms with van der Waals surface area (Å²) in [5.74, 6) is 0.710. The lowest BCUT2D eigenvalue weighted by Gasteiger charge is -2.27. The number of ether oxygens (including phenoxy) is 2. The van der Waals surface area contributed by atoms with Crippen molar-refractivity contribution in [3.8, 4) is 22.8 Å². The van der Waals surface area contributed by atoms with Crippen molar-refractivity contribution in [2.45, 2.75) is 13.0 Å². The first kappa shape index (κ1) is 27.9. The molecule has 3 heterocycles. The van der Waals surface area contributed by atoms with Crippen molar-refractivity contribution in [1.82, 2.24) is 24.6 Å². The second kappa shape index (κ2) is 11.9. The van der Waals surface area contributed by atoms with Crippen LogP contribution in [0.25, 0.3) is 22.3 Å². The number of fused-ring (bicyclic) bond motifs is 2. The second-order valence-corrected chi connectivity index (χ2v) is 10.0. The van der Waals surface area contributed by atoms with E-state index in [0.717, 1.165) is 22.5 Å². The first-order valence-corrected chi connectivity index (χ1v) is 13.9. The first-order valence-electron chi connectivity index (χ1n) is 13.9. The molecular weight excluding hydrogens is 548 g/mol. The number of anilines is 2. The highest BCUT2D eigenvalue weighted by Crippen LogP contribution is 2.34. The van der Waals surface area contributed by atoms with E-state index in [2.05, 4.69) is 15.0 Å². The molecule has 1 aliphatic heterocycles. The molecule has 11 heteroatoms. The summed E-state index contributed by atoms with van der Waals surface area (Å²) >= 11 is 0. The molecule has 0 fully saturated rings. The number of hydrogen-bond acceptors (Lipinski definition) is 9. The Bertz CT molecular complexity index is 1760. The average Bonchev–Trinajstić information content (AvgIpc) is 3.61. The number of benzene rings is 3. The SMILES string of the molecule is COc1cc(OC)cc(N(CCCN2C(=O)c3ccccc3C2=O)c2ccc3ncc(-c4cnn(CCO)c4)nc3c2)c1. The molecular formula is C32H30N6O5. The maximum Gasteiger partial charge on any atom is 0.261 e. The van der Waals surface area contributed by atoms with E-state index in [1.54, 1.807) is 61.6 Å². The number of aliphatic hydroxyl groups is 1. The molecule has 0 saturated carbocycles. The number of methoxy groups -OCH3 is 2. The van der Waals surface area contributed by atoms with E-state index in [-0.39, 0.29) is 25.0 Å². The average molecular weight is 579 g/mol. The highest BCUT2D eigenvalue weighted by molar-refractivity contribution is 6.21. The Morgan fingerprint density at radius 3 is 2.23 bits per heavy atom. The number of aromatic nitrogens is 4. The molecule has 2 amide bonds. The fourth-order valence-electron chi connectivity index (χ4n) is 5.21. The zero-order chi connectivity index (χ0) is 29.9. The monoisotopic (exact) mass is 578 g/mol. The molecule has 0 atom stereocenters. The van der Waals surface area contributed by atoms with Gasteiger partial charge in [-0.2, -0.15) is 5.10 Å². The number of carbonyl (C=O) groups is 2. The summed E-state index contributed by atoms with van der Waals surface area (Å²) in [7, 11) is 3.20. The summed E-state index contributed by atoms with van der Waals surface area (Å²) in [4.78, 5) is 38.7. The van der Waals surface area contributed by atoms with Gasteiger partial charge >= 0.3 is 0 Å². The van der Waals surface area contributed by atoms with Crippen molar-refractivity contribution in [1.29, 1.82) is 0 Å². The van der Waals surface area contributed by atoms with Crippen LogP contribution in [0.2, 0.25) is 0 Å². The van der Waals surface area contributed by atoms with Gasteiger partial charge in [0.2, 0.25) is 0 Å². The molecule has 0 unspecified atom stereocenters. The van der Waals surface area contributed by atoms with Crippen molar-refractivity contribution >= 4 is 34.2 Å². The Hall–Kier alpha value is -5.29. The van der Waals surface area contributed by atoms with Gasteiger partial charge in [-0.05, 0) is 36.8 Å². The van der Waals surface area contributed by atoms with E-state index in [1.165, 1.54) is 4.90 Å². The third-order valence-corrected chi connectivity index (χ3v) is 7.39. The fourth-order valence-corrected chi connectivity index (χ4v) is 5.21. The molecule has 6 rings (SSSR count). The Kier molecular flexibility index (Phi) is 7.71. The van der Waals surface area contributed by atoms with Gasteiger partial charge in [0.1, 0.15) is 11.5 Å². The van der Waals surface area contributed by atoms with Crippen LogP contribution in [0.3, 0.4) is 0 Å². The lowest BCUT2D eigenvalue weighted by Crippen LogP contribution is -2.32. The quantitative estimate of drug-likeness (QED) is 0.228. The predicted octanol–water partition coefficient (Wildman–Crippen LogP) is 4.33. The molecule has 0 bridgehead atoms. The van der Waals surface area contributed by atoms with Gasteiger partial charge in [0.25, 0.3) is 11.8 Å². The predicted molar refractivity (Wildman–Crippen MR) is 161 cm³/mol. The van der Waals surface area contributed by atoms with Gasteiger partial charge in [0.05, 0.1) is 67.6 Å². The lowest BCUT2D eigenvalue weighted by atomic mass is 10.1. The van der Waals surface area contributed by atoms with Gasteiger partial charge < -0.3 is 19.5 Å².